The zero-order valence-corrected chi connectivity index (χ0v) is 15.8. The Labute approximate surface area is 140 Å². The average molecular weight is 331 g/mol. The van der Waals surface area contributed by atoms with E-state index in [1.807, 2.05) is 18.8 Å². The number of hydrogen-bond acceptors (Lipinski definition) is 5. The molecule has 1 rings (SSSR count). The third-order valence-electron chi connectivity index (χ3n) is 4.31. The first-order chi connectivity index (χ1) is 10.3. The summed E-state index contributed by atoms with van der Waals surface area (Å²) in [5, 5.41) is 6.94. The van der Waals surface area contributed by atoms with Gasteiger partial charge in [0.1, 0.15) is 6.04 Å². The lowest BCUT2D eigenvalue weighted by atomic mass is 9.78. The van der Waals surface area contributed by atoms with Gasteiger partial charge in [0.2, 0.25) is 0 Å². The van der Waals surface area contributed by atoms with Gasteiger partial charge in [-0.3, -0.25) is 10.1 Å². The van der Waals surface area contributed by atoms with Crippen LogP contribution in [0.1, 0.15) is 59.3 Å². The van der Waals surface area contributed by atoms with Crippen molar-refractivity contribution in [3.05, 3.63) is 0 Å². The Hall–Kier alpha value is -0.260. The van der Waals surface area contributed by atoms with Crippen molar-refractivity contribution in [1.29, 1.82) is 0 Å². The summed E-state index contributed by atoms with van der Waals surface area (Å²) >= 11 is 1.82. The molecule has 0 heterocycles. The number of carbonyl (C=O) groups is 1. The maximum atomic E-state index is 12.2. The molecule has 2 N–H and O–H groups in total. The first-order valence-corrected chi connectivity index (χ1v) is 9.44. The molecular formula is C17H34N2O2S. The van der Waals surface area contributed by atoms with E-state index < -0.39 is 0 Å². The molecule has 1 saturated carbocycles. The van der Waals surface area contributed by atoms with Crippen molar-refractivity contribution < 1.29 is 9.53 Å². The van der Waals surface area contributed by atoms with Crippen LogP contribution in [0.3, 0.4) is 0 Å². The number of hydrogen-bond donors (Lipinski definition) is 2. The van der Waals surface area contributed by atoms with Gasteiger partial charge in [0.05, 0.1) is 7.11 Å². The normalized spacial score (nSPS) is 19.7. The molecule has 0 saturated heterocycles. The van der Waals surface area contributed by atoms with E-state index >= 15 is 0 Å². The third-order valence-corrected chi connectivity index (χ3v) is 5.68. The quantitative estimate of drug-likeness (QED) is 0.670. The highest BCUT2D eigenvalue weighted by molar-refractivity contribution is 8.00. The summed E-state index contributed by atoms with van der Waals surface area (Å²) in [5.41, 5.74) is 0.0819. The van der Waals surface area contributed by atoms with Crippen LogP contribution in [-0.2, 0) is 9.53 Å². The first-order valence-electron chi connectivity index (χ1n) is 8.46. The SMILES string of the molecule is CNCCC1(NC(CSC(C)(C)C)C(=O)OC)CCCCC1. The van der Waals surface area contributed by atoms with Crippen LogP contribution in [0.2, 0.25) is 0 Å². The minimum Gasteiger partial charge on any atom is -0.468 e. The van der Waals surface area contributed by atoms with Gasteiger partial charge >= 0.3 is 5.97 Å². The number of rotatable bonds is 8. The summed E-state index contributed by atoms with van der Waals surface area (Å²) in [7, 11) is 3.48. The Morgan fingerprint density at radius 1 is 1.27 bits per heavy atom. The predicted octanol–water partition coefficient (Wildman–Crippen LogP) is 2.96. The van der Waals surface area contributed by atoms with Crippen molar-refractivity contribution in [2.75, 3.05) is 26.5 Å². The molecule has 0 amide bonds. The lowest BCUT2D eigenvalue weighted by Gasteiger charge is -2.41. The molecular weight excluding hydrogens is 296 g/mol. The molecule has 4 nitrogen and oxygen atoms in total. The lowest BCUT2D eigenvalue weighted by molar-refractivity contribution is -0.143. The summed E-state index contributed by atoms with van der Waals surface area (Å²) in [5.74, 6) is 0.628. The zero-order valence-electron chi connectivity index (χ0n) is 15.0. The maximum absolute atomic E-state index is 12.2. The number of ether oxygens (including phenoxy) is 1. The summed E-state index contributed by atoms with van der Waals surface area (Å²) < 4.78 is 5.19. The van der Waals surface area contributed by atoms with Gasteiger partial charge in [-0.05, 0) is 32.9 Å². The number of carbonyl (C=O) groups excluding carboxylic acids is 1. The van der Waals surface area contributed by atoms with Crippen molar-refractivity contribution in [2.24, 2.45) is 0 Å². The van der Waals surface area contributed by atoms with Gasteiger partial charge in [-0.25, -0.2) is 0 Å². The fourth-order valence-electron chi connectivity index (χ4n) is 3.07. The smallest absolute Gasteiger partial charge is 0.323 e. The van der Waals surface area contributed by atoms with E-state index in [2.05, 4.69) is 31.4 Å². The van der Waals surface area contributed by atoms with Crippen LogP contribution >= 0.6 is 11.8 Å². The lowest BCUT2D eigenvalue weighted by Crippen LogP contribution is -2.56. The Kier molecular flexibility index (Phi) is 8.22. The molecule has 1 fully saturated rings. The molecule has 1 unspecified atom stereocenters. The highest BCUT2D eigenvalue weighted by Gasteiger charge is 2.36. The maximum Gasteiger partial charge on any atom is 0.323 e. The predicted molar refractivity (Wildman–Crippen MR) is 95.5 cm³/mol. The van der Waals surface area contributed by atoms with Crippen molar-refractivity contribution in [3.8, 4) is 0 Å². The van der Waals surface area contributed by atoms with Crippen LogP contribution in [0.25, 0.3) is 0 Å². The Bertz CT molecular complexity index is 336. The van der Waals surface area contributed by atoms with E-state index in [1.54, 1.807) is 0 Å². The number of esters is 1. The van der Waals surface area contributed by atoms with Crippen LogP contribution in [0.15, 0.2) is 0 Å². The standard InChI is InChI=1S/C17H34N2O2S/c1-16(2,3)22-13-14(15(20)21-5)19-17(11-12-18-4)9-7-6-8-10-17/h14,18-19H,6-13H2,1-5H3. The molecule has 0 aromatic heterocycles. The highest BCUT2D eigenvalue weighted by Crippen LogP contribution is 2.32. The van der Waals surface area contributed by atoms with Gasteiger partial charge < -0.3 is 10.1 Å². The van der Waals surface area contributed by atoms with Crippen LogP contribution in [-0.4, -0.2) is 48.8 Å². The monoisotopic (exact) mass is 330 g/mol. The van der Waals surface area contributed by atoms with E-state index in [-0.39, 0.29) is 22.3 Å². The summed E-state index contributed by atoms with van der Waals surface area (Å²) in [4.78, 5) is 12.2. The van der Waals surface area contributed by atoms with Crippen molar-refractivity contribution in [1.82, 2.24) is 10.6 Å². The van der Waals surface area contributed by atoms with E-state index in [1.165, 1.54) is 26.4 Å². The Morgan fingerprint density at radius 3 is 2.41 bits per heavy atom. The van der Waals surface area contributed by atoms with Crippen LogP contribution in [0.5, 0.6) is 0 Å². The second kappa shape index (κ2) is 9.14. The third kappa shape index (κ3) is 6.88. The van der Waals surface area contributed by atoms with Gasteiger partial charge in [0, 0.05) is 16.0 Å². The molecule has 0 bridgehead atoms. The topological polar surface area (TPSA) is 50.4 Å². The van der Waals surface area contributed by atoms with Gasteiger partial charge in [-0.1, -0.05) is 40.0 Å². The minimum absolute atomic E-state index is 0.0819. The molecule has 1 aliphatic carbocycles. The highest BCUT2D eigenvalue weighted by atomic mass is 32.2. The molecule has 5 heteroatoms. The fraction of sp³-hybridized carbons (Fsp3) is 0.941. The molecule has 130 valence electrons. The fourth-order valence-corrected chi connectivity index (χ4v) is 3.96. The molecule has 0 spiro atoms. The van der Waals surface area contributed by atoms with E-state index in [0.29, 0.717) is 0 Å². The van der Waals surface area contributed by atoms with E-state index in [9.17, 15) is 4.79 Å². The average Bonchev–Trinajstić information content (AvgIpc) is 2.49. The molecule has 22 heavy (non-hydrogen) atoms. The first kappa shape index (κ1) is 19.8. The van der Waals surface area contributed by atoms with Gasteiger partial charge in [0.15, 0.2) is 0 Å². The molecule has 1 atom stereocenters. The van der Waals surface area contributed by atoms with Gasteiger partial charge in [-0.2, -0.15) is 11.8 Å². The van der Waals surface area contributed by atoms with Crippen LogP contribution in [0, 0.1) is 0 Å². The zero-order chi connectivity index (χ0) is 16.6. The van der Waals surface area contributed by atoms with Crippen LogP contribution in [0.4, 0.5) is 0 Å². The largest absolute Gasteiger partial charge is 0.468 e. The van der Waals surface area contributed by atoms with Crippen LogP contribution < -0.4 is 10.6 Å². The van der Waals surface area contributed by atoms with Crippen molar-refractivity contribution in [3.63, 3.8) is 0 Å². The molecule has 0 radical (unpaired) electrons. The molecule has 1 aliphatic rings. The van der Waals surface area contributed by atoms with Gasteiger partial charge in [-0.15, -0.1) is 0 Å². The second-order valence-corrected chi connectivity index (χ2v) is 9.18. The van der Waals surface area contributed by atoms with E-state index in [4.69, 9.17) is 4.74 Å². The minimum atomic E-state index is -0.218. The molecule has 0 aromatic rings. The Morgan fingerprint density at radius 2 is 1.91 bits per heavy atom. The van der Waals surface area contributed by atoms with Gasteiger partial charge in [0.25, 0.3) is 0 Å². The Balaban J connectivity index is 2.75. The van der Waals surface area contributed by atoms with E-state index in [0.717, 1.165) is 31.6 Å². The molecule has 0 aliphatic heterocycles. The second-order valence-electron chi connectivity index (χ2n) is 7.34. The summed E-state index contributed by atoms with van der Waals surface area (Å²) in [6.45, 7) is 7.53. The number of nitrogens with one attached hydrogen (secondary N) is 2. The molecule has 0 aromatic carbocycles. The van der Waals surface area contributed by atoms with Crippen molar-refractivity contribution in [2.45, 2.75) is 75.6 Å². The number of methoxy groups -OCH3 is 1. The van der Waals surface area contributed by atoms with Crippen molar-refractivity contribution >= 4 is 17.7 Å². The number of thioether (sulfide) groups is 1. The summed E-state index contributed by atoms with van der Waals surface area (Å²) in [6.07, 6.45) is 7.18. The summed E-state index contributed by atoms with van der Waals surface area (Å²) in [6, 6.07) is -0.218.